The number of sulfonamides is 1. The Morgan fingerprint density at radius 1 is 0.800 bits per heavy atom. The lowest BCUT2D eigenvalue weighted by molar-refractivity contribution is 0.0746. The Hall–Kier alpha value is -3.72. The van der Waals surface area contributed by atoms with Gasteiger partial charge in [-0.15, -0.1) is 0 Å². The smallest absolute Gasteiger partial charge is 0.264 e. The van der Waals surface area contributed by atoms with Crippen LogP contribution >= 0.6 is 0 Å². The highest BCUT2D eigenvalue weighted by Gasteiger charge is 2.26. The molecule has 35 heavy (non-hydrogen) atoms. The van der Waals surface area contributed by atoms with Gasteiger partial charge >= 0.3 is 0 Å². The lowest BCUT2D eigenvalue weighted by atomic mass is 10.1. The van der Waals surface area contributed by atoms with Crippen molar-refractivity contribution < 1.29 is 22.7 Å². The van der Waals surface area contributed by atoms with Gasteiger partial charge in [0.1, 0.15) is 11.5 Å². The van der Waals surface area contributed by atoms with E-state index in [9.17, 15) is 13.2 Å². The first-order valence-corrected chi connectivity index (χ1v) is 12.7. The highest BCUT2D eigenvalue weighted by atomic mass is 32.2. The van der Waals surface area contributed by atoms with Crippen molar-refractivity contribution in [2.75, 3.05) is 56.7 Å². The summed E-state index contributed by atoms with van der Waals surface area (Å²) in [5.41, 5.74) is 1.90. The third-order valence-electron chi connectivity index (χ3n) is 6.18. The summed E-state index contributed by atoms with van der Waals surface area (Å²) in [7, 11) is 0.798. The van der Waals surface area contributed by atoms with Gasteiger partial charge in [-0.3, -0.25) is 9.10 Å². The van der Waals surface area contributed by atoms with Gasteiger partial charge in [-0.25, -0.2) is 8.42 Å². The molecule has 1 aliphatic rings. The van der Waals surface area contributed by atoms with Gasteiger partial charge in [0.15, 0.2) is 0 Å². The molecule has 1 aliphatic heterocycles. The van der Waals surface area contributed by atoms with E-state index in [2.05, 4.69) is 4.90 Å². The molecule has 1 saturated heterocycles. The number of benzene rings is 3. The van der Waals surface area contributed by atoms with Crippen molar-refractivity contribution in [3.63, 3.8) is 0 Å². The van der Waals surface area contributed by atoms with E-state index >= 15 is 0 Å². The van der Waals surface area contributed by atoms with Crippen LogP contribution in [-0.4, -0.2) is 66.7 Å². The molecule has 1 fully saturated rings. The fourth-order valence-electron chi connectivity index (χ4n) is 4.17. The second-order valence-corrected chi connectivity index (χ2v) is 10.1. The Bertz CT molecular complexity index is 1290. The number of anilines is 2. The summed E-state index contributed by atoms with van der Waals surface area (Å²) in [5.74, 6) is 1.14. The standard InChI is InChI=1S/C26H29N3O5S/c1-27(22-8-4-6-10-24(22)33-2)35(31,32)21-14-12-20(13-15-21)26(30)29-18-16-28(17-19-29)23-9-5-7-11-25(23)34-3/h4-15H,16-19H2,1-3H3. The van der Waals surface area contributed by atoms with Crippen molar-refractivity contribution in [1.29, 1.82) is 0 Å². The SMILES string of the molecule is COc1ccccc1N1CCN(C(=O)c2ccc(S(=O)(=O)N(C)c3ccccc3OC)cc2)CC1. The number of methoxy groups -OCH3 is 2. The molecular weight excluding hydrogens is 466 g/mol. The summed E-state index contributed by atoms with van der Waals surface area (Å²) in [6.07, 6.45) is 0. The summed E-state index contributed by atoms with van der Waals surface area (Å²) in [4.78, 5) is 17.2. The van der Waals surface area contributed by atoms with Gasteiger partial charge in [0.25, 0.3) is 15.9 Å². The predicted molar refractivity (Wildman–Crippen MR) is 136 cm³/mol. The van der Waals surface area contributed by atoms with Gasteiger partial charge in [-0.05, 0) is 48.5 Å². The number of para-hydroxylation sites is 4. The molecule has 4 rings (SSSR count). The Kier molecular flexibility index (Phi) is 7.16. The van der Waals surface area contributed by atoms with Crippen molar-refractivity contribution in [2.45, 2.75) is 4.90 Å². The van der Waals surface area contributed by atoms with Gasteiger partial charge < -0.3 is 19.3 Å². The predicted octanol–water partition coefficient (Wildman–Crippen LogP) is 3.49. The third kappa shape index (κ3) is 4.90. The molecule has 1 amide bonds. The number of rotatable bonds is 7. The van der Waals surface area contributed by atoms with Crippen LogP contribution in [0.1, 0.15) is 10.4 Å². The molecule has 0 atom stereocenters. The van der Waals surface area contributed by atoms with Gasteiger partial charge in [0.2, 0.25) is 0 Å². The highest BCUT2D eigenvalue weighted by Crippen LogP contribution is 2.31. The van der Waals surface area contributed by atoms with Crippen LogP contribution in [-0.2, 0) is 10.0 Å². The molecular formula is C26H29N3O5S. The molecule has 3 aromatic carbocycles. The molecule has 0 spiro atoms. The fraction of sp³-hybridized carbons (Fsp3) is 0.269. The minimum atomic E-state index is -3.83. The minimum Gasteiger partial charge on any atom is -0.495 e. The molecule has 0 saturated carbocycles. The van der Waals surface area contributed by atoms with Crippen LogP contribution < -0.4 is 18.7 Å². The van der Waals surface area contributed by atoms with E-state index in [1.54, 1.807) is 48.4 Å². The average Bonchev–Trinajstić information content (AvgIpc) is 2.92. The van der Waals surface area contributed by atoms with Crippen LogP contribution in [0.25, 0.3) is 0 Å². The molecule has 8 nitrogen and oxygen atoms in total. The maximum absolute atomic E-state index is 13.2. The maximum atomic E-state index is 13.2. The second-order valence-electron chi connectivity index (χ2n) is 8.12. The number of nitrogens with zero attached hydrogens (tertiary/aromatic N) is 3. The number of carbonyl (C=O) groups excluding carboxylic acids is 1. The van der Waals surface area contributed by atoms with Crippen LogP contribution in [0.2, 0.25) is 0 Å². The molecule has 0 aromatic heterocycles. The van der Waals surface area contributed by atoms with Crippen molar-refractivity contribution in [3.05, 3.63) is 78.4 Å². The van der Waals surface area contributed by atoms with Crippen molar-refractivity contribution in [1.82, 2.24) is 4.90 Å². The summed E-state index contributed by atoms with van der Waals surface area (Å²) in [6, 6.07) is 20.8. The second kappa shape index (κ2) is 10.3. The van der Waals surface area contributed by atoms with Crippen LogP contribution in [0.4, 0.5) is 11.4 Å². The zero-order valence-corrected chi connectivity index (χ0v) is 20.9. The van der Waals surface area contributed by atoms with Gasteiger partial charge in [0, 0.05) is 38.8 Å². The summed E-state index contributed by atoms with van der Waals surface area (Å²) >= 11 is 0. The molecule has 0 bridgehead atoms. The number of hydrogen-bond acceptors (Lipinski definition) is 6. The van der Waals surface area contributed by atoms with Crippen LogP contribution in [0.3, 0.4) is 0 Å². The number of hydrogen-bond donors (Lipinski definition) is 0. The van der Waals surface area contributed by atoms with E-state index in [4.69, 9.17) is 9.47 Å². The van der Waals surface area contributed by atoms with E-state index in [1.165, 1.54) is 30.6 Å². The molecule has 0 radical (unpaired) electrons. The minimum absolute atomic E-state index is 0.100. The Morgan fingerprint density at radius 2 is 1.37 bits per heavy atom. The number of piperazine rings is 1. The normalized spacial score (nSPS) is 13.9. The lowest BCUT2D eigenvalue weighted by Crippen LogP contribution is -2.48. The van der Waals surface area contributed by atoms with Crippen LogP contribution in [0.5, 0.6) is 11.5 Å². The van der Waals surface area contributed by atoms with Crippen molar-refractivity contribution >= 4 is 27.3 Å². The van der Waals surface area contributed by atoms with Gasteiger partial charge in [-0.1, -0.05) is 24.3 Å². The fourth-order valence-corrected chi connectivity index (χ4v) is 5.38. The van der Waals surface area contributed by atoms with Crippen molar-refractivity contribution in [3.8, 4) is 11.5 Å². The number of carbonyl (C=O) groups is 1. The molecule has 0 aliphatic carbocycles. The van der Waals surface area contributed by atoms with Crippen LogP contribution in [0.15, 0.2) is 77.7 Å². The molecule has 1 heterocycles. The number of amides is 1. The van der Waals surface area contributed by atoms with E-state index < -0.39 is 10.0 Å². The molecule has 0 unspecified atom stereocenters. The highest BCUT2D eigenvalue weighted by molar-refractivity contribution is 7.92. The Labute approximate surface area is 206 Å². The zero-order chi connectivity index (χ0) is 25.0. The first kappa shape index (κ1) is 24.4. The van der Waals surface area contributed by atoms with Gasteiger partial charge in [0.05, 0.1) is 30.5 Å². The van der Waals surface area contributed by atoms with Gasteiger partial charge in [-0.2, -0.15) is 0 Å². The van der Waals surface area contributed by atoms with E-state index in [0.717, 1.165) is 11.4 Å². The van der Waals surface area contributed by atoms with E-state index in [0.29, 0.717) is 43.2 Å². The Morgan fingerprint density at radius 3 is 2.00 bits per heavy atom. The molecule has 3 aromatic rings. The molecule has 0 N–H and O–H groups in total. The molecule has 9 heteroatoms. The average molecular weight is 496 g/mol. The largest absolute Gasteiger partial charge is 0.495 e. The molecule has 184 valence electrons. The monoisotopic (exact) mass is 495 g/mol. The first-order chi connectivity index (χ1) is 16.9. The summed E-state index contributed by atoms with van der Waals surface area (Å²) in [5, 5.41) is 0. The third-order valence-corrected chi connectivity index (χ3v) is 7.96. The Balaban J connectivity index is 1.45. The summed E-state index contributed by atoms with van der Waals surface area (Å²) < 4.78 is 38.3. The van der Waals surface area contributed by atoms with E-state index in [-0.39, 0.29) is 10.8 Å². The van der Waals surface area contributed by atoms with Crippen molar-refractivity contribution in [2.24, 2.45) is 0 Å². The number of ether oxygens (including phenoxy) is 2. The zero-order valence-electron chi connectivity index (χ0n) is 20.0. The quantitative estimate of drug-likeness (QED) is 0.499. The summed E-state index contributed by atoms with van der Waals surface area (Å²) in [6.45, 7) is 2.49. The lowest BCUT2D eigenvalue weighted by Gasteiger charge is -2.36. The van der Waals surface area contributed by atoms with E-state index in [1.807, 2.05) is 24.3 Å². The van der Waals surface area contributed by atoms with Crippen LogP contribution in [0, 0.1) is 0 Å². The topological polar surface area (TPSA) is 79.4 Å². The first-order valence-electron chi connectivity index (χ1n) is 11.3. The maximum Gasteiger partial charge on any atom is 0.264 e.